The number of anilines is 2. The summed E-state index contributed by atoms with van der Waals surface area (Å²) in [6.45, 7) is 1.79. The van der Waals surface area contributed by atoms with Gasteiger partial charge in [0.2, 0.25) is 12.2 Å². The fraction of sp³-hybridized carbons (Fsp3) is 0.300. The highest BCUT2D eigenvalue weighted by Gasteiger charge is 2.43. The normalized spacial score (nSPS) is 21.5. The Morgan fingerprint density at radius 3 is 2.69 bits per heavy atom. The molecule has 3 N–H and O–H groups in total. The van der Waals surface area contributed by atoms with Crippen molar-refractivity contribution in [2.75, 3.05) is 24.3 Å². The van der Waals surface area contributed by atoms with Gasteiger partial charge in [-0.1, -0.05) is 23.7 Å². The highest BCUT2D eigenvalue weighted by Crippen LogP contribution is 2.46. The first kappa shape index (κ1) is 18.3. The molecule has 0 bridgehead atoms. The molecule has 135 valence electrons. The van der Waals surface area contributed by atoms with E-state index < -0.39 is 11.3 Å². The number of nitrogens with zero attached hydrogens (tertiary/aromatic N) is 1. The summed E-state index contributed by atoms with van der Waals surface area (Å²) in [5.74, 6) is -0.451. The van der Waals surface area contributed by atoms with Crippen LogP contribution in [-0.4, -0.2) is 26.3 Å². The minimum atomic E-state index is -0.949. The molecule has 6 heteroatoms. The molecule has 3 rings (SSSR count). The van der Waals surface area contributed by atoms with Gasteiger partial charge in [-0.25, -0.2) is 0 Å². The van der Waals surface area contributed by atoms with Crippen molar-refractivity contribution < 1.29 is 9.59 Å². The number of carbonyl (C=O) groups is 1. The number of nitrogens with one attached hydrogen (secondary N) is 1. The number of hydrogen-bond donors (Lipinski definition) is 2. The van der Waals surface area contributed by atoms with Gasteiger partial charge in [-0.15, -0.1) is 0 Å². The second kappa shape index (κ2) is 6.65. The van der Waals surface area contributed by atoms with E-state index in [-0.39, 0.29) is 6.04 Å². The lowest BCUT2D eigenvalue weighted by molar-refractivity contribution is -0.123. The molecule has 26 heavy (non-hydrogen) atoms. The van der Waals surface area contributed by atoms with E-state index >= 15 is 0 Å². The van der Waals surface area contributed by atoms with Crippen LogP contribution < -0.4 is 16.0 Å². The first-order valence-electron chi connectivity index (χ1n) is 8.32. The summed E-state index contributed by atoms with van der Waals surface area (Å²) in [5.41, 5.74) is 8.38. The van der Waals surface area contributed by atoms with Crippen molar-refractivity contribution >= 4 is 35.2 Å². The Bertz CT molecular complexity index is 881. The Morgan fingerprint density at radius 2 is 2.08 bits per heavy atom. The second-order valence-corrected chi connectivity index (χ2v) is 7.50. The molecule has 1 aliphatic heterocycles. The summed E-state index contributed by atoms with van der Waals surface area (Å²) in [6, 6.07) is 11.1. The predicted molar refractivity (Wildman–Crippen MR) is 105 cm³/mol. The molecule has 1 heterocycles. The number of nitrogens with two attached hydrogens (primary N) is 1. The molecule has 2 aromatic carbocycles. The summed E-state index contributed by atoms with van der Waals surface area (Å²) in [4.78, 5) is 25.8. The van der Waals surface area contributed by atoms with Crippen molar-refractivity contribution in [1.82, 2.24) is 0 Å². The van der Waals surface area contributed by atoms with Crippen molar-refractivity contribution in [2.45, 2.75) is 24.8 Å². The lowest BCUT2D eigenvalue weighted by Crippen LogP contribution is -2.44. The molecule has 1 aliphatic rings. The van der Waals surface area contributed by atoms with Crippen molar-refractivity contribution in [2.24, 2.45) is 5.73 Å². The zero-order chi connectivity index (χ0) is 19.1. The zero-order valence-electron chi connectivity index (χ0n) is 15.0. The van der Waals surface area contributed by atoms with Gasteiger partial charge in [0.05, 0.1) is 22.7 Å². The van der Waals surface area contributed by atoms with Crippen LogP contribution in [0, 0.1) is 0 Å². The lowest BCUT2D eigenvalue weighted by atomic mass is 9.71. The largest absolute Gasteiger partial charge is 0.378 e. The van der Waals surface area contributed by atoms with Crippen LogP contribution in [0.5, 0.6) is 0 Å². The summed E-state index contributed by atoms with van der Waals surface area (Å²) in [5, 5.41) is 3.77. The maximum Gasteiger partial charge on any atom is 0.235 e. The lowest BCUT2D eigenvalue weighted by Gasteiger charge is -2.40. The maximum absolute atomic E-state index is 12.3. The SMILES string of the molecule is CN(C)c1cccc(C2CC(C)(C(N)=O)c3cc(Cl)cc([C]=O)c3N2)c1. The van der Waals surface area contributed by atoms with E-state index in [0.29, 0.717) is 28.3 Å². The van der Waals surface area contributed by atoms with Crippen molar-refractivity contribution in [3.05, 3.63) is 58.1 Å². The van der Waals surface area contributed by atoms with Crippen LogP contribution in [0.3, 0.4) is 0 Å². The van der Waals surface area contributed by atoms with Crippen LogP contribution in [-0.2, 0) is 15.0 Å². The molecule has 5 nitrogen and oxygen atoms in total. The molecular formula is C20H21ClN3O2. The van der Waals surface area contributed by atoms with E-state index in [2.05, 4.69) is 11.4 Å². The fourth-order valence-corrected chi connectivity index (χ4v) is 3.69. The minimum absolute atomic E-state index is 0.173. The predicted octanol–water partition coefficient (Wildman–Crippen LogP) is 3.16. The van der Waals surface area contributed by atoms with Gasteiger partial charge in [-0.2, -0.15) is 0 Å². The van der Waals surface area contributed by atoms with Gasteiger partial charge >= 0.3 is 0 Å². The minimum Gasteiger partial charge on any atom is -0.378 e. The van der Waals surface area contributed by atoms with Crippen LogP contribution in [0.25, 0.3) is 0 Å². The summed E-state index contributed by atoms with van der Waals surface area (Å²) in [7, 11) is 3.94. The number of halogens is 1. The third-order valence-corrected chi connectivity index (χ3v) is 5.29. The summed E-state index contributed by atoms with van der Waals surface area (Å²) >= 11 is 6.14. The molecular weight excluding hydrogens is 350 g/mol. The van der Waals surface area contributed by atoms with Crippen LogP contribution >= 0.6 is 11.6 Å². The van der Waals surface area contributed by atoms with Crippen LogP contribution in [0.4, 0.5) is 11.4 Å². The highest BCUT2D eigenvalue weighted by atomic mass is 35.5. The molecule has 2 unspecified atom stereocenters. The average molecular weight is 371 g/mol. The molecule has 2 atom stereocenters. The van der Waals surface area contributed by atoms with E-state index in [1.54, 1.807) is 19.1 Å². The first-order valence-corrected chi connectivity index (χ1v) is 8.70. The number of primary amides is 1. The number of amides is 1. The number of carbonyl (C=O) groups excluding carboxylic acids is 2. The van der Waals surface area contributed by atoms with Gasteiger partial charge in [0.15, 0.2) is 0 Å². The Balaban J connectivity index is 2.15. The molecule has 0 fully saturated rings. The second-order valence-electron chi connectivity index (χ2n) is 7.06. The van der Waals surface area contributed by atoms with Crippen LogP contribution in [0.1, 0.15) is 36.1 Å². The van der Waals surface area contributed by atoms with Gasteiger partial charge in [0.25, 0.3) is 0 Å². The molecule has 0 aliphatic carbocycles. The van der Waals surface area contributed by atoms with Crippen LogP contribution in [0.2, 0.25) is 5.02 Å². The average Bonchev–Trinajstić information content (AvgIpc) is 2.61. The Morgan fingerprint density at radius 1 is 1.35 bits per heavy atom. The van der Waals surface area contributed by atoms with E-state index in [0.717, 1.165) is 11.3 Å². The molecule has 0 spiro atoms. The number of fused-ring (bicyclic) bond motifs is 1. The number of rotatable bonds is 4. The quantitative estimate of drug-likeness (QED) is 0.866. The first-order chi connectivity index (χ1) is 12.3. The fourth-order valence-electron chi connectivity index (χ4n) is 3.48. The Kier molecular flexibility index (Phi) is 4.67. The van der Waals surface area contributed by atoms with E-state index in [9.17, 15) is 9.59 Å². The van der Waals surface area contributed by atoms with Crippen molar-refractivity contribution in [3.8, 4) is 0 Å². The third kappa shape index (κ3) is 3.03. The summed E-state index contributed by atoms with van der Waals surface area (Å²) in [6.07, 6.45) is 2.38. The van der Waals surface area contributed by atoms with Crippen molar-refractivity contribution in [1.29, 1.82) is 0 Å². The number of hydrogen-bond acceptors (Lipinski definition) is 4. The zero-order valence-corrected chi connectivity index (χ0v) is 15.7. The monoisotopic (exact) mass is 370 g/mol. The van der Waals surface area contributed by atoms with Gasteiger partial charge in [-0.3, -0.25) is 9.59 Å². The van der Waals surface area contributed by atoms with Crippen LogP contribution in [0.15, 0.2) is 36.4 Å². The molecule has 1 amide bonds. The summed E-state index contributed by atoms with van der Waals surface area (Å²) < 4.78 is 0. The molecule has 1 radical (unpaired) electrons. The highest BCUT2D eigenvalue weighted by molar-refractivity contribution is 6.31. The molecule has 0 saturated heterocycles. The van der Waals surface area contributed by atoms with Gasteiger partial charge in [-0.05, 0) is 48.7 Å². The number of benzene rings is 2. The smallest absolute Gasteiger partial charge is 0.235 e. The third-order valence-electron chi connectivity index (χ3n) is 5.07. The molecule has 2 aromatic rings. The topological polar surface area (TPSA) is 75.4 Å². The van der Waals surface area contributed by atoms with E-state index in [1.165, 1.54) is 0 Å². The molecule has 0 saturated carbocycles. The van der Waals surface area contributed by atoms with Gasteiger partial charge in [0, 0.05) is 24.8 Å². The Labute approximate surface area is 158 Å². The van der Waals surface area contributed by atoms with Crippen molar-refractivity contribution in [3.63, 3.8) is 0 Å². The van der Waals surface area contributed by atoms with E-state index in [4.69, 9.17) is 17.3 Å². The standard InChI is InChI=1S/C20H21ClN3O2/c1-20(19(22)26)10-17(12-5-4-6-15(8-12)24(2)3)23-18-13(11-25)7-14(21)9-16(18)20/h4-9,17,23H,10H2,1-3H3,(H2,22,26). The maximum atomic E-state index is 12.3. The van der Waals surface area contributed by atoms with Gasteiger partial charge in [0.1, 0.15) is 0 Å². The molecule has 0 aromatic heterocycles. The van der Waals surface area contributed by atoms with E-state index in [1.807, 2.05) is 43.5 Å². The Hall–Kier alpha value is -2.53. The van der Waals surface area contributed by atoms with Gasteiger partial charge < -0.3 is 16.0 Å².